The zero-order valence-electron chi connectivity index (χ0n) is 9.49. The third-order valence-electron chi connectivity index (χ3n) is 2.93. The molecule has 2 aromatic carbocycles. The van der Waals surface area contributed by atoms with Crippen LogP contribution >= 0.6 is 23.2 Å². The third kappa shape index (κ3) is 2.26. The predicted octanol–water partition coefficient (Wildman–Crippen LogP) is 4.54. The van der Waals surface area contributed by atoms with Crippen molar-refractivity contribution in [3.8, 4) is 5.75 Å². The lowest BCUT2D eigenvalue weighted by Crippen LogP contribution is -2.23. The molecule has 1 unspecified atom stereocenters. The van der Waals surface area contributed by atoms with E-state index in [9.17, 15) is 0 Å². The van der Waals surface area contributed by atoms with Gasteiger partial charge in [0.15, 0.2) is 0 Å². The summed E-state index contributed by atoms with van der Waals surface area (Å²) in [6.45, 7) is 0.732. The van der Waals surface area contributed by atoms with Gasteiger partial charge in [-0.25, -0.2) is 0 Å². The van der Waals surface area contributed by atoms with Crippen LogP contribution in [0.4, 0.5) is 5.69 Å². The van der Waals surface area contributed by atoms with Gasteiger partial charge in [0.1, 0.15) is 11.9 Å². The maximum absolute atomic E-state index is 5.97. The van der Waals surface area contributed by atoms with E-state index in [1.165, 1.54) is 0 Å². The molecule has 3 rings (SSSR count). The molecule has 0 spiro atoms. The average Bonchev–Trinajstić information content (AvgIpc) is 2.38. The molecular weight excluding hydrogens is 269 g/mol. The first-order chi connectivity index (χ1) is 8.72. The second-order valence-corrected chi connectivity index (χ2v) is 5.05. The van der Waals surface area contributed by atoms with Gasteiger partial charge in [-0.05, 0) is 29.8 Å². The number of hydrogen-bond donors (Lipinski definition) is 1. The Balaban J connectivity index is 1.88. The van der Waals surface area contributed by atoms with E-state index in [1.807, 2.05) is 42.5 Å². The largest absolute Gasteiger partial charge is 0.482 e. The van der Waals surface area contributed by atoms with Crippen molar-refractivity contribution in [2.75, 3.05) is 11.9 Å². The van der Waals surface area contributed by atoms with Gasteiger partial charge in [0.05, 0.1) is 12.2 Å². The first-order valence-electron chi connectivity index (χ1n) is 5.68. The van der Waals surface area contributed by atoms with Crippen molar-refractivity contribution in [3.05, 3.63) is 58.1 Å². The van der Waals surface area contributed by atoms with Gasteiger partial charge in [-0.15, -0.1) is 0 Å². The molecule has 1 aliphatic rings. The van der Waals surface area contributed by atoms with Crippen molar-refractivity contribution in [1.29, 1.82) is 0 Å². The molecule has 0 saturated carbocycles. The van der Waals surface area contributed by atoms with Crippen molar-refractivity contribution < 1.29 is 4.74 Å². The highest BCUT2D eigenvalue weighted by Crippen LogP contribution is 2.36. The van der Waals surface area contributed by atoms with E-state index in [0.717, 1.165) is 28.6 Å². The molecule has 1 N–H and O–H groups in total. The lowest BCUT2D eigenvalue weighted by atomic mass is 10.1. The number of nitrogens with one attached hydrogen (secondary N) is 1. The van der Waals surface area contributed by atoms with Gasteiger partial charge in [0.25, 0.3) is 0 Å². The summed E-state index contributed by atoms with van der Waals surface area (Å²) in [5, 5.41) is 4.74. The molecule has 18 heavy (non-hydrogen) atoms. The van der Waals surface area contributed by atoms with E-state index in [1.54, 1.807) is 0 Å². The van der Waals surface area contributed by atoms with Gasteiger partial charge in [-0.3, -0.25) is 0 Å². The van der Waals surface area contributed by atoms with Crippen LogP contribution < -0.4 is 10.1 Å². The van der Waals surface area contributed by atoms with E-state index in [2.05, 4.69) is 5.32 Å². The molecule has 2 aromatic rings. The number of hydrogen-bond acceptors (Lipinski definition) is 2. The molecule has 0 bridgehead atoms. The second-order valence-electron chi connectivity index (χ2n) is 4.18. The number of halogens is 2. The predicted molar refractivity (Wildman–Crippen MR) is 74.8 cm³/mol. The van der Waals surface area contributed by atoms with Crippen LogP contribution in [-0.2, 0) is 0 Å². The lowest BCUT2D eigenvalue weighted by molar-refractivity contribution is 0.210. The molecule has 4 heteroatoms. The average molecular weight is 280 g/mol. The molecule has 2 nitrogen and oxygen atoms in total. The minimum absolute atomic E-state index is 0.0202. The van der Waals surface area contributed by atoms with Crippen molar-refractivity contribution >= 4 is 28.9 Å². The maximum atomic E-state index is 5.97. The molecule has 0 amide bonds. The van der Waals surface area contributed by atoms with Crippen LogP contribution in [-0.4, -0.2) is 6.54 Å². The molecule has 0 aliphatic carbocycles. The number of benzene rings is 2. The van der Waals surface area contributed by atoms with Gasteiger partial charge < -0.3 is 10.1 Å². The summed E-state index contributed by atoms with van der Waals surface area (Å²) in [4.78, 5) is 0. The summed E-state index contributed by atoms with van der Waals surface area (Å²) in [5.41, 5.74) is 2.07. The lowest BCUT2D eigenvalue weighted by Gasteiger charge is -2.27. The van der Waals surface area contributed by atoms with E-state index >= 15 is 0 Å². The van der Waals surface area contributed by atoms with Crippen LogP contribution in [0.1, 0.15) is 11.7 Å². The standard InChI is InChI=1S/C14H11Cl2NO/c15-10-3-1-9(2-4-10)14-8-17-12-6-5-11(16)7-13(12)18-14/h1-7,14,17H,8H2. The van der Waals surface area contributed by atoms with Crippen LogP contribution in [0.5, 0.6) is 5.75 Å². The first kappa shape index (κ1) is 11.7. The van der Waals surface area contributed by atoms with Crippen LogP contribution in [0, 0.1) is 0 Å². The minimum Gasteiger partial charge on any atom is -0.482 e. The quantitative estimate of drug-likeness (QED) is 0.828. The Hall–Kier alpha value is -1.38. The Bertz CT molecular complexity index is 569. The van der Waals surface area contributed by atoms with Gasteiger partial charge in [-0.1, -0.05) is 35.3 Å². The summed E-state index contributed by atoms with van der Waals surface area (Å²) in [7, 11) is 0. The van der Waals surface area contributed by atoms with Crippen LogP contribution in [0.3, 0.4) is 0 Å². The number of rotatable bonds is 1. The van der Waals surface area contributed by atoms with Crippen LogP contribution in [0.15, 0.2) is 42.5 Å². The van der Waals surface area contributed by atoms with Crippen LogP contribution in [0.25, 0.3) is 0 Å². The first-order valence-corrected chi connectivity index (χ1v) is 6.43. The summed E-state index contributed by atoms with van der Waals surface area (Å²) < 4.78 is 5.95. The number of ether oxygens (including phenoxy) is 1. The smallest absolute Gasteiger partial charge is 0.144 e. The van der Waals surface area contributed by atoms with E-state index < -0.39 is 0 Å². The fraction of sp³-hybridized carbons (Fsp3) is 0.143. The van der Waals surface area contributed by atoms with Gasteiger partial charge in [0, 0.05) is 16.1 Å². The fourth-order valence-corrected chi connectivity index (χ4v) is 2.29. The Kier molecular flexibility index (Phi) is 3.06. The van der Waals surface area contributed by atoms with E-state index in [4.69, 9.17) is 27.9 Å². The summed E-state index contributed by atoms with van der Waals surface area (Å²) in [6.07, 6.45) is -0.0202. The van der Waals surface area contributed by atoms with Crippen molar-refractivity contribution in [3.63, 3.8) is 0 Å². The van der Waals surface area contributed by atoms with Crippen molar-refractivity contribution in [2.24, 2.45) is 0 Å². The fourth-order valence-electron chi connectivity index (χ4n) is 2.00. The minimum atomic E-state index is -0.0202. The molecule has 92 valence electrons. The van der Waals surface area contributed by atoms with E-state index in [-0.39, 0.29) is 6.10 Å². The molecular formula is C14H11Cl2NO. The van der Waals surface area contributed by atoms with Gasteiger partial charge in [-0.2, -0.15) is 0 Å². The Morgan fingerprint density at radius 2 is 1.72 bits per heavy atom. The molecule has 1 heterocycles. The van der Waals surface area contributed by atoms with Crippen molar-refractivity contribution in [1.82, 2.24) is 0 Å². The van der Waals surface area contributed by atoms with Crippen LogP contribution in [0.2, 0.25) is 10.0 Å². The topological polar surface area (TPSA) is 21.3 Å². The van der Waals surface area contributed by atoms with Gasteiger partial charge in [0.2, 0.25) is 0 Å². The number of fused-ring (bicyclic) bond motifs is 1. The zero-order valence-corrected chi connectivity index (χ0v) is 11.0. The molecule has 0 saturated heterocycles. The molecule has 1 aliphatic heterocycles. The molecule has 0 aromatic heterocycles. The molecule has 0 radical (unpaired) electrons. The summed E-state index contributed by atoms with van der Waals surface area (Å²) in [5.74, 6) is 0.786. The monoisotopic (exact) mass is 279 g/mol. The highest BCUT2D eigenvalue weighted by atomic mass is 35.5. The summed E-state index contributed by atoms with van der Waals surface area (Å²) in [6, 6.07) is 13.3. The molecule has 1 atom stereocenters. The van der Waals surface area contributed by atoms with Crippen molar-refractivity contribution in [2.45, 2.75) is 6.10 Å². The maximum Gasteiger partial charge on any atom is 0.144 e. The Labute approximate surface area is 115 Å². The normalized spacial score (nSPS) is 17.6. The SMILES string of the molecule is Clc1ccc(C2CNc3ccc(Cl)cc3O2)cc1. The third-order valence-corrected chi connectivity index (χ3v) is 3.42. The highest BCUT2D eigenvalue weighted by Gasteiger charge is 2.20. The number of anilines is 1. The highest BCUT2D eigenvalue weighted by molar-refractivity contribution is 6.31. The molecule has 0 fully saturated rings. The second kappa shape index (κ2) is 4.71. The Morgan fingerprint density at radius 3 is 2.50 bits per heavy atom. The van der Waals surface area contributed by atoms with E-state index in [0.29, 0.717) is 5.02 Å². The van der Waals surface area contributed by atoms with Gasteiger partial charge >= 0.3 is 0 Å². The summed E-state index contributed by atoms with van der Waals surface area (Å²) >= 11 is 11.8. The Morgan fingerprint density at radius 1 is 1.00 bits per heavy atom. The zero-order chi connectivity index (χ0) is 12.5.